The van der Waals surface area contributed by atoms with Crippen LogP contribution in [-0.4, -0.2) is 24.0 Å². The molecule has 0 atom stereocenters. The summed E-state index contributed by atoms with van der Waals surface area (Å²) in [6, 6.07) is 13.4. The molecule has 7 heteroatoms. The Balaban J connectivity index is 1.82. The first-order chi connectivity index (χ1) is 12.2. The van der Waals surface area contributed by atoms with Gasteiger partial charge in [0.15, 0.2) is 5.13 Å². The minimum Gasteiger partial charge on any atom is -0.469 e. The quantitative estimate of drug-likeness (QED) is 0.669. The molecule has 0 saturated heterocycles. The number of thiazole rings is 1. The number of thiophene rings is 1. The maximum Gasteiger partial charge on any atom is 0.310 e. The lowest BCUT2D eigenvalue weighted by atomic mass is 10.1. The second-order valence-corrected chi connectivity index (χ2v) is 7.33. The Morgan fingerprint density at radius 1 is 1.12 bits per heavy atom. The first-order valence-corrected chi connectivity index (χ1v) is 9.29. The number of carbonyl (C=O) groups excluding carboxylic acids is 2. The molecule has 0 aliphatic carbocycles. The van der Waals surface area contributed by atoms with Gasteiger partial charge in [0.25, 0.3) is 0 Å². The van der Waals surface area contributed by atoms with Crippen molar-refractivity contribution in [3.8, 4) is 11.3 Å². The van der Waals surface area contributed by atoms with E-state index in [1.54, 1.807) is 0 Å². The lowest BCUT2D eigenvalue weighted by molar-refractivity contribution is -0.139. The van der Waals surface area contributed by atoms with Gasteiger partial charge in [-0.15, -0.1) is 22.7 Å². The van der Waals surface area contributed by atoms with Crippen LogP contribution in [0.2, 0.25) is 0 Å². The van der Waals surface area contributed by atoms with Crippen molar-refractivity contribution in [1.82, 2.24) is 4.98 Å². The molecule has 128 valence electrons. The van der Waals surface area contributed by atoms with Crippen molar-refractivity contribution < 1.29 is 14.3 Å². The molecule has 2 heterocycles. The van der Waals surface area contributed by atoms with Gasteiger partial charge < -0.3 is 10.1 Å². The number of hydrogen-bond acceptors (Lipinski definition) is 6. The topological polar surface area (TPSA) is 68.3 Å². The maximum absolute atomic E-state index is 12.2. The van der Waals surface area contributed by atoms with Crippen LogP contribution in [0.1, 0.15) is 9.75 Å². The highest BCUT2D eigenvalue weighted by molar-refractivity contribution is 7.16. The number of hydrogen-bond donors (Lipinski definition) is 1. The highest BCUT2D eigenvalue weighted by Gasteiger charge is 2.17. The van der Waals surface area contributed by atoms with Gasteiger partial charge in [-0.1, -0.05) is 36.4 Å². The van der Waals surface area contributed by atoms with Gasteiger partial charge in [-0.3, -0.25) is 9.59 Å². The number of aromatic nitrogens is 1. The van der Waals surface area contributed by atoms with Crippen molar-refractivity contribution in [2.45, 2.75) is 12.8 Å². The second kappa shape index (κ2) is 8.04. The van der Waals surface area contributed by atoms with Crippen molar-refractivity contribution in [3.05, 3.63) is 57.6 Å². The summed E-state index contributed by atoms with van der Waals surface area (Å²) in [6.07, 6.45) is 0.434. The predicted octanol–water partition coefficient (Wildman–Crippen LogP) is 3.77. The van der Waals surface area contributed by atoms with Crippen LogP contribution in [0.5, 0.6) is 0 Å². The minimum absolute atomic E-state index is 0.124. The monoisotopic (exact) mass is 372 g/mol. The Kier molecular flexibility index (Phi) is 5.57. The van der Waals surface area contributed by atoms with Gasteiger partial charge >= 0.3 is 5.97 Å². The summed E-state index contributed by atoms with van der Waals surface area (Å²) in [5.41, 5.74) is 1.60. The van der Waals surface area contributed by atoms with Crippen molar-refractivity contribution in [1.29, 1.82) is 0 Å². The van der Waals surface area contributed by atoms with Crippen molar-refractivity contribution in [3.63, 3.8) is 0 Å². The second-order valence-electron chi connectivity index (χ2n) is 5.21. The van der Waals surface area contributed by atoms with E-state index >= 15 is 0 Å². The molecule has 0 spiro atoms. The number of rotatable bonds is 6. The van der Waals surface area contributed by atoms with Gasteiger partial charge in [0.05, 0.1) is 25.6 Å². The fourth-order valence-electron chi connectivity index (χ4n) is 2.28. The molecule has 5 nitrogen and oxygen atoms in total. The van der Waals surface area contributed by atoms with Crippen molar-refractivity contribution in [2.75, 3.05) is 12.4 Å². The van der Waals surface area contributed by atoms with Gasteiger partial charge in [-0.2, -0.15) is 0 Å². The molecule has 1 amide bonds. The molecule has 0 unspecified atom stereocenters. The third kappa shape index (κ3) is 4.52. The summed E-state index contributed by atoms with van der Waals surface area (Å²) >= 11 is 2.84. The largest absolute Gasteiger partial charge is 0.469 e. The molecule has 0 bridgehead atoms. The van der Waals surface area contributed by atoms with Crippen LogP contribution in [0.25, 0.3) is 11.3 Å². The lowest BCUT2D eigenvalue weighted by Crippen LogP contribution is -2.13. The molecule has 0 aliphatic heterocycles. The van der Waals surface area contributed by atoms with E-state index in [1.165, 1.54) is 29.8 Å². The Morgan fingerprint density at radius 3 is 2.60 bits per heavy atom. The van der Waals surface area contributed by atoms with Gasteiger partial charge in [-0.05, 0) is 11.4 Å². The summed E-state index contributed by atoms with van der Waals surface area (Å²) < 4.78 is 4.76. The van der Waals surface area contributed by atoms with Gasteiger partial charge in [0.1, 0.15) is 0 Å². The average molecular weight is 372 g/mol. The standard InChI is InChI=1S/C18H16N2O3S2/c1-23-16(22)11-14-17(12-6-3-2-4-7-12)20-18(25-14)19-15(21)10-13-8-5-9-24-13/h2-9H,10-11H2,1H3,(H,19,20,21). The van der Waals surface area contributed by atoms with E-state index in [9.17, 15) is 9.59 Å². The highest BCUT2D eigenvalue weighted by Crippen LogP contribution is 2.31. The SMILES string of the molecule is COC(=O)Cc1sc(NC(=O)Cc2cccs2)nc1-c1ccccc1. The highest BCUT2D eigenvalue weighted by atomic mass is 32.1. The molecule has 1 aromatic carbocycles. The van der Waals surface area contributed by atoms with E-state index in [0.717, 1.165) is 15.3 Å². The fourth-order valence-corrected chi connectivity index (χ4v) is 3.97. The predicted molar refractivity (Wildman–Crippen MR) is 99.9 cm³/mol. The Morgan fingerprint density at radius 2 is 1.92 bits per heavy atom. The number of carbonyl (C=O) groups is 2. The van der Waals surface area contributed by atoms with Crippen LogP contribution in [0, 0.1) is 0 Å². The molecule has 0 fully saturated rings. The number of nitrogens with one attached hydrogen (secondary N) is 1. The van der Waals surface area contributed by atoms with E-state index in [-0.39, 0.29) is 18.3 Å². The molecule has 1 N–H and O–H groups in total. The third-order valence-corrected chi connectivity index (χ3v) is 5.29. The van der Waals surface area contributed by atoms with E-state index in [1.807, 2.05) is 47.8 Å². The van der Waals surface area contributed by atoms with Gasteiger partial charge in [0.2, 0.25) is 5.91 Å². The summed E-state index contributed by atoms with van der Waals surface area (Å²) in [5, 5.41) is 5.25. The fraction of sp³-hybridized carbons (Fsp3) is 0.167. The van der Waals surface area contributed by atoms with Crippen LogP contribution < -0.4 is 5.32 Å². The molecule has 0 radical (unpaired) electrons. The first-order valence-electron chi connectivity index (χ1n) is 7.60. The number of methoxy groups -OCH3 is 1. The zero-order valence-corrected chi connectivity index (χ0v) is 15.2. The van der Waals surface area contributed by atoms with E-state index in [4.69, 9.17) is 4.74 Å². The molecule has 3 rings (SSSR count). The van der Waals surface area contributed by atoms with E-state index in [2.05, 4.69) is 10.3 Å². The van der Waals surface area contributed by atoms with Crippen molar-refractivity contribution in [2.24, 2.45) is 0 Å². The normalized spacial score (nSPS) is 10.4. The van der Waals surface area contributed by atoms with Crippen LogP contribution in [-0.2, 0) is 27.2 Å². The number of ether oxygens (including phenoxy) is 1. The van der Waals surface area contributed by atoms with Crippen LogP contribution in [0.15, 0.2) is 47.8 Å². The Hall–Kier alpha value is -2.51. The first kappa shape index (κ1) is 17.3. The van der Waals surface area contributed by atoms with Crippen molar-refractivity contribution >= 4 is 39.7 Å². The number of amides is 1. The number of esters is 1. The maximum atomic E-state index is 12.2. The molecular formula is C18H16N2O3S2. The zero-order chi connectivity index (χ0) is 17.6. The average Bonchev–Trinajstić information content (AvgIpc) is 3.25. The molecule has 2 aromatic heterocycles. The minimum atomic E-state index is -0.336. The molecule has 0 saturated carbocycles. The smallest absolute Gasteiger partial charge is 0.310 e. The molecule has 0 aliphatic rings. The van der Waals surface area contributed by atoms with E-state index in [0.29, 0.717) is 17.2 Å². The number of anilines is 1. The number of nitrogens with zero attached hydrogens (tertiary/aromatic N) is 1. The number of benzene rings is 1. The third-order valence-electron chi connectivity index (χ3n) is 3.44. The summed E-state index contributed by atoms with van der Waals surface area (Å²) in [5.74, 6) is -0.460. The summed E-state index contributed by atoms with van der Waals surface area (Å²) in [7, 11) is 1.36. The van der Waals surface area contributed by atoms with Gasteiger partial charge in [-0.25, -0.2) is 4.98 Å². The van der Waals surface area contributed by atoms with Crippen LogP contribution >= 0.6 is 22.7 Å². The Bertz CT molecular complexity index is 858. The summed E-state index contributed by atoms with van der Waals surface area (Å²) in [4.78, 5) is 30.1. The van der Waals surface area contributed by atoms with Crippen LogP contribution in [0.4, 0.5) is 5.13 Å². The van der Waals surface area contributed by atoms with E-state index < -0.39 is 0 Å². The molecule has 25 heavy (non-hydrogen) atoms. The van der Waals surface area contributed by atoms with Gasteiger partial charge in [0, 0.05) is 15.3 Å². The zero-order valence-electron chi connectivity index (χ0n) is 13.5. The molecular weight excluding hydrogens is 356 g/mol. The Labute approximate surface area is 153 Å². The van der Waals surface area contributed by atoms with Crippen LogP contribution in [0.3, 0.4) is 0 Å². The molecule has 3 aromatic rings. The summed E-state index contributed by atoms with van der Waals surface area (Å²) in [6.45, 7) is 0. The lowest BCUT2D eigenvalue weighted by Gasteiger charge is -2.01.